The summed E-state index contributed by atoms with van der Waals surface area (Å²) in [4.78, 5) is 0. The second-order valence-corrected chi connectivity index (χ2v) is 5.27. The molecule has 0 unspecified atom stereocenters. The molecule has 1 aromatic rings. The maximum atomic E-state index is 3.48. The zero-order valence-electron chi connectivity index (χ0n) is 9.51. The van der Waals surface area contributed by atoms with E-state index in [9.17, 15) is 0 Å². The fraction of sp³-hybridized carbons (Fsp3) is 0.538. The van der Waals surface area contributed by atoms with Crippen molar-refractivity contribution < 1.29 is 0 Å². The van der Waals surface area contributed by atoms with Crippen molar-refractivity contribution in [1.29, 1.82) is 0 Å². The van der Waals surface area contributed by atoms with E-state index in [-0.39, 0.29) is 0 Å². The molecule has 0 amide bonds. The summed E-state index contributed by atoms with van der Waals surface area (Å²) < 4.78 is 2.40. The first-order chi connectivity index (χ1) is 7.18. The number of hydrogen-bond donors (Lipinski definition) is 1. The molecule has 1 aliphatic heterocycles. The van der Waals surface area contributed by atoms with Crippen LogP contribution >= 0.6 is 0 Å². The highest BCUT2D eigenvalue weighted by atomic mass is 15.0. The summed E-state index contributed by atoms with van der Waals surface area (Å²) in [5, 5.41) is 3.48. The molecule has 2 heteroatoms. The molecule has 2 nitrogen and oxygen atoms in total. The van der Waals surface area contributed by atoms with Crippen molar-refractivity contribution in [2.75, 3.05) is 13.1 Å². The Morgan fingerprint density at radius 1 is 1.40 bits per heavy atom. The Balaban J connectivity index is 2.21. The number of aromatic nitrogens is 1. The van der Waals surface area contributed by atoms with Gasteiger partial charge in [-0.15, -0.1) is 0 Å². The van der Waals surface area contributed by atoms with E-state index < -0.39 is 0 Å². The molecule has 0 spiro atoms. The van der Waals surface area contributed by atoms with Crippen LogP contribution in [0.5, 0.6) is 0 Å². The van der Waals surface area contributed by atoms with Crippen LogP contribution in [-0.2, 0) is 12.0 Å². The van der Waals surface area contributed by atoms with Crippen molar-refractivity contribution in [3.05, 3.63) is 29.6 Å². The molecule has 0 fully saturated rings. The fourth-order valence-electron chi connectivity index (χ4n) is 2.73. The van der Waals surface area contributed by atoms with Gasteiger partial charge in [0, 0.05) is 31.5 Å². The quantitative estimate of drug-likeness (QED) is 0.682. The number of nitrogens with one attached hydrogen (secondary N) is 1. The van der Waals surface area contributed by atoms with E-state index in [4.69, 9.17) is 0 Å². The summed E-state index contributed by atoms with van der Waals surface area (Å²) in [6, 6.07) is 2.31. The van der Waals surface area contributed by atoms with Crippen LogP contribution in [0.2, 0.25) is 0 Å². The number of hydrogen-bond acceptors (Lipinski definition) is 1. The molecule has 0 saturated heterocycles. The Bertz CT molecular complexity index is 424. The molecule has 2 aliphatic rings. The van der Waals surface area contributed by atoms with E-state index >= 15 is 0 Å². The lowest BCUT2D eigenvalue weighted by Crippen LogP contribution is -2.23. The van der Waals surface area contributed by atoms with Gasteiger partial charge in [0.1, 0.15) is 0 Å². The summed E-state index contributed by atoms with van der Waals surface area (Å²) in [7, 11) is 0. The largest absolute Gasteiger partial charge is 0.346 e. The Hall–Kier alpha value is -1.02. The summed E-state index contributed by atoms with van der Waals surface area (Å²) in [5.74, 6) is 0. The smallest absolute Gasteiger partial charge is 0.0487 e. The third-order valence-electron chi connectivity index (χ3n) is 3.70. The highest BCUT2D eigenvalue weighted by Gasteiger charge is 2.30. The van der Waals surface area contributed by atoms with Crippen LogP contribution < -0.4 is 5.32 Å². The van der Waals surface area contributed by atoms with Gasteiger partial charge in [0.25, 0.3) is 0 Å². The van der Waals surface area contributed by atoms with Crippen molar-refractivity contribution in [3.63, 3.8) is 0 Å². The van der Waals surface area contributed by atoms with Crippen LogP contribution in [0.4, 0.5) is 0 Å². The van der Waals surface area contributed by atoms with E-state index in [1.807, 2.05) is 0 Å². The lowest BCUT2D eigenvalue weighted by molar-refractivity contribution is 0.524. The number of nitrogens with zero attached hydrogens (tertiary/aromatic N) is 1. The molecule has 0 saturated carbocycles. The van der Waals surface area contributed by atoms with Crippen molar-refractivity contribution in [3.8, 4) is 0 Å². The van der Waals surface area contributed by atoms with Crippen LogP contribution in [0.15, 0.2) is 18.3 Å². The molecule has 15 heavy (non-hydrogen) atoms. The second-order valence-electron chi connectivity index (χ2n) is 5.27. The summed E-state index contributed by atoms with van der Waals surface area (Å²) in [5.41, 5.74) is 4.82. The minimum Gasteiger partial charge on any atom is -0.346 e. The van der Waals surface area contributed by atoms with E-state index in [1.54, 1.807) is 0 Å². The first kappa shape index (κ1) is 9.22. The molecule has 2 heterocycles. The van der Waals surface area contributed by atoms with Crippen molar-refractivity contribution in [2.24, 2.45) is 0 Å². The highest BCUT2D eigenvalue weighted by molar-refractivity contribution is 5.71. The molecule has 1 N–H and O–H groups in total. The average Bonchev–Trinajstić information content (AvgIpc) is 2.52. The molecule has 3 rings (SSSR count). The van der Waals surface area contributed by atoms with Gasteiger partial charge < -0.3 is 9.88 Å². The van der Waals surface area contributed by atoms with Crippen LogP contribution in [0.3, 0.4) is 0 Å². The van der Waals surface area contributed by atoms with E-state index in [2.05, 4.69) is 42.1 Å². The van der Waals surface area contributed by atoms with Crippen LogP contribution in [0, 0.1) is 0 Å². The lowest BCUT2D eigenvalue weighted by atomic mass is 9.76. The Labute approximate surface area is 91.0 Å². The predicted molar refractivity (Wildman–Crippen MR) is 62.9 cm³/mol. The van der Waals surface area contributed by atoms with Crippen LogP contribution in [0.25, 0.3) is 5.57 Å². The Morgan fingerprint density at radius 3 is 3.13 bits per heavy atom. The van der Waals surface area contributed by atoms with Crippen molar-refractivity contribution in [2.45, 2.75) is 32.2 Å². The van der Waals surface area contributed by atoms with Gasteiger partial charge in [-0.05, 0) is 29.0 Å². The fourth-order valence-corrected chi connectivity index (χ4v) is 2.73. The van der Waals surface area contributed by atoms with Gasteiger partial charge in [0.05, 0.1) is 0 Å². The minimum atomic E-state index is 0.314. The molecule has 1 aromatic heterocycles. The molecule has 80 valence electrons. The van der Waals surface area contributed by atoms with Gasteiger partial charge in [0.2, 0.25) is 0 Å². The van der Waals surface area contributed by atoms with Gasteiger partial charge in [-0.3, -0.25) is 0 Å². The highest BCUT2D eigenvalue weighted by Crippen LogP contribution is 2.39. The molecular formula is C13H18N2. The van der Waals surface area contributed by atoms with E-state index in [1.165, 1.54) is 23.3 Å². The average molecular weight is 202 g/mol. The van der Waals surface area contributed by atoms with Crippen molar-refractivity contribution in [1.82, 2.24) is 9.88 Å². The summed E-state index contributed by atoms with van der Waals surface area (Å²) in [6.07, 6.45) is 5.83. The standard InChI is InChI=1S/C13H18N2/c1-13(2)5-3-10-9-14-6-8-15-7-4-11(13)12(10)15/h3-4,7,14H,5-6,8-9H2,1-2H3. The number of rotatable bonds is 0. The molecule has 0 atom stereocenters. The Morgan fingerprint density at radius 2 is 2.27 bits per heavy atom. The second kappa shape index (κ2) is 2.99. The predicted octanol–water partition coefficient (Wildman–Crippen LogP) is 2.16. The third-order valence-corrected chi connectivity index (χ3v) is 3.70. The zero-order chi connectivity index (χ0) is 10.5. The molecule has 1 aliphatic carbocycles. The van der Waals surface area contributed by atoms with Crippen LogP contribution in [-0.4, -0.2) is 17.7 Å². The molecule has 0 aromatic carbocycles. The monoisotopic (exact) mass is 202 g/mol. The molecule has 0 radical (unpaired) electrons. The van der Waals surface area contributed by atoms with E-state index in [0.29, 0.717) is 5.41 Å². The number of allylic oxidation sites excluding steroid dienone is 1. The first-order valence-corrected chi connectivity index (χ1v) is 5.78. The SMILES string of the molecule is CC1(C)CC=C2CNCCn3ccc1c32. The third kappa shape index (κ3) is 1.28. The maximum Gasteiger partial charge on any atom is 0.0487 e. The zero-order valence-corrected chi connectivity index (χ0v) is 9.51. The topological polar surface area (TPSA) is 17.0 Å². The van der Waals surface area contributed by atoms with Gasteiger partial charge in [-0.25, -0.2) is 0 Å². The van der Waals surface area contributed by atoms with Crippen LogP contribution in [0.1, 0.15) is 31.5 Å². The first-order valence-electron chi connectivity index (χ1n) is 5.78. The Kier molecular flexibility index (Phi) is 1.84. The lowest BCUT2D eigenvalue weighted by Gasteiger charge is -2.29. The van der Waals surface area contributed by atoms with Gasteiger partial charge in [0.15, 0.2) is 0 Å². The normalized spacial score (nSPS) is 22.9. The van der Waals surface area contributed by atoms with Gasteiger partial charge in [-0.1, -0.05) is 19.9 Å². The molecular weight excluding hydrogens is 184 g/mol. The minimum absolute atomic E-state index is 0.314. The van der Waals surface area contributed by atoms with Gasteiger partial charge in [-0.2, -0.15) is 0 Å². The maximum absolute atomic E-state index is 3.48. The summed E-state index contributed by atoms with van der Waals surface area (Å²) in [6.45, 7) is 7.90. The van der Waals surface area contributed by atoms with Gasteiger partial charge >= 0.3 is 0 Å². The summed E-state index contributed by atoms with van der Waals surface area (Å²) >= 11 is 0. The molecule has 0 bridgehead atoms. The van der Waals surface area contributed by atoms with E-state index in [0.717, 1.165) is 19.6 Å². The van der Waals surface area contributed by atoms with Crippen molar-refractivity contribution >= 4 is 5.57 Å².